The van der Waals surface area contributed by atoms with E-state index in [4.69, 9.17) is 4.98 Å². The van der Waals surface area contributed by atoms with Crippen LogP contribution in [0.3, 0.4) is 0 Å². The van der Waals surface area contributed by atoms with Gasteiger partial charge in [0.2, 0.25) is 5.95 Å². The van der Waals surface area contributed by atoms with E-state index in [0.717, 1.165) is 51.2 Å². The predicted molar refractivity (Wildman–Crippen MR) is 121 cm³/mol. The Bertz CT molecular complexity index is 1020. The lowest BCUT2D eigenvalue weighted by atomic mass is 10.2. The Kier molecular flexibility index (Phi) is 6.40. The van der Waals surface area contributed by atoms with E-state index in [1.807, 2.05) is 26.4 Å². The standard InChI is InChI=1S/C23H30N6O/c1-26(2)10-6-11-28-12-9-21-20(22(28)30)17-24-23(25-21)29-15-13-27(14-16-29)18-19-7-4-3-5-8-19/h3-5,7-9,12,17H,6,10-11,13-16,18H2,1-2H3. The molecule has 1 saturated heterocycles. The number of aromatic nitrogens is 3. The number of hydrogen-bond acceptors (Lipinski definition) is 6. The van der Waals surface area contributed by atoms with Gasteiger partial charge in [0.15, 0.2) is 0 Å². The van der Waals surface area contributed by atoms with Crippen molar-refractivity contribution in [3.63, 3.8) is 0 Å². The molecule has 0 N–H and O–H groups in total. The summed E-state index contributed by atoms with van der Waals surface area (Å²) in [5, 5.41) is 0.591. The van der Waals surface area contributed by atoms with Crippen LogP contribution >= 0.6 is 0 Å². The second-order valence-corrected chi connectivity index (χ2v) is 8.19. The Morgan fingerprint density at radius 1 is 1.03 bits per heavy atom. The Balaban J connectivity index is 1.41. The predicted octanol–water partition coefficient (Wildman–Crippen LogP) is 2.07. The number of aryl methyl sites for hydroxylation is 1. The summed E-state index contributed by atoms with van der Waals surface area (Å²) in [5.41, 5.74) is 2.06. The number of benzene rings is 1. The van der Waals surface area contributed by atoms with Crippen molar-refractivity contribution < 1.29 is 0 Å². The van der Waals surface area contributed by atoms with Crippen molar-refractivity contribution in [2.75, 3.05) is 51.7 Å². The quantitative estimate of drug-likeness (QED) is 0.599. The Morgan fingerprint density at radius 3 is 2.53 bits per heavy atom. The molecule has 3 heterocycles. The van der Waals surface area contributed by atoms with Gasteiger partial charge in [-0.2, -0.15) is 0 Å². The molecule has 0 atom stereocenters. The largest absolute Gasteiger partial charge is 0.338 e. The van der Waals surface area contributed by atoms with E-state index >= 15 is 0 Å². The van der Waals surface area contributed by atoms with Crippen LogP contribution in [0.15, 0.2) is 53.6 Å². The lowest BCUT2D eigenvalue weighted by Crippen LogP contribution is -2.46. The van der Waals surface area contributed by atoms with Crippen molar-refractivity contribution in [1.82, 2.24) is 24.3 Å². The van der Waals surface area contributed by atoms with Crippen LogP contribution in [0.2, 0.25) is 0 Å². The minimum absolute atomic E-state index is 0.00881. The highest BCUT2D eigenvalue weighted by Crippen LogP contribution is 2.16. The van der Waals surface area contributed by atoms with Gasteiger partial charge in [0.25, 0.3) is 5.56 Å². The first-order valence-corrected chi connectivity index (χ1v) is 10.6. The van der Waals surface area contributed by atoms with Gasteiger partial charge in [0.05, 0.1) is 10.9 Å². The van der Waals surface area contributed by atoms with Gasteiger partial charge in [-0.3, -0.25) is 9.69 Å². The molecule has 30 heavy (non-hydrogen) atoms. The summed E-state index contributed by atoms with van der Waals surface area (Å²) >= 11 is 0. The molecule has 0 aliphatic carbocycles. The SMILES string of the molecule is CN(C)CCCn1ccc2nc(N3CCN(Cc4ccccc4)CC3)ncc2c1=O. The molecule has 1 aromatic carbocycles. The zero-order chi connectivity index (χ0) is 20.9. The average molecular weight is 407 g/mol. The Hall–Kier alpha value is -2.77. The topological polar surface area (TPSA) is 57.5 Å². The van der Waals surface area contributed by atoms with Gasteiger partial charge >= 0.3 is 0 Å². The molecular formula is C23H30N6O. The Labute approximate surface area is 177 Å². The lowest BCUT2D eigenvalue weighted by Gasteiger charge is -2.34. The van der Waals surface area contributed by atoms with E-state index in [2.05, 4.69) is 50.0 Å². The number of fused-ring (bicyclic) bond motifs is 1. The highest BCUT2D eigenvalue weighted by atomic mass is 16.1. The molecule has 2 aromatic heterocycles. The zero-order valence-corrected chi connectivity index (χ0v) is 17.9. The van der Waals surface area contributed by atoms with E-state index in [1.165, 1.54) is 5.56 Å². The van der Waals surface area contributed by atoms with Crippen LogP contribution in [0.4, 0.5) is 5.95 Å². The molecule has 0 amide bonds. The molecule has 7 heteroatoms. The summed E-state index contributed by atoms with van der Waals surface area (Å²) in [5.74, 6) is 0.714. The van der Waals surface area contributed by atoms with Crippen molar-refractivity contribution in [1.29, 1.82) is 0 Å². The molecule has 1 fully saturated rings. The van der Waals surface area contributed by atoms with Crippen molar-refractivity contribution in [3.05, 3.63) is 64.7 Å². The number of pyridine rings is 1. The third kappa shape index (κ3) is 4.86. The van der Waals surface area contributed by atoms with Gasteiger partial charge in [-0.05, 0) is 38.7 Å². The number of hydrogen-bond donors (Lipinski definition) is 0. The summed E-state index contributed by atoms with van der Waals surface area (Å²) in [6.07, 6.45) is 4.48. The highest BCUT2D eigenvalue weighted by molar-refractivity contribution is 5.77. The minimum Gasteiger partial charge on any atom is -0.338 e. The smallest absolute Gasteiger partial charge is 0.261 e. The molecule has 3 aromatic rings. The molecular weight excluding hydrogens is 376 g/mol. The molecule has 0 bridgehead atoms. The van der Waals surface area contributed by atoms with Crippen LogP contribution in [-0.2, 0) is 13.1 Å². The molecule has 0 spiro atoms. The fraction of sp³-hybridized carbons (Fsp3) is 0.435. The fourth-order valence-corrected chi connectivity index (χ4v) is 3.89. The lowest BCUT2D eigenvalue weighted by molar-refractivity contribution is 0.249. The highest BCUT2D eigenvalue weighted by Gasteiger charge is 2.19. The van der Waals surface area contributed by atoms with Gasteiger partial charge in [-0.1, -0.05) is 30.3 Å². The van der Waals surface area contributed by atoms with Gasteiger partial charge in [-0.25, -0.2) is 9.97 Å². The van der Waals surface area contributed by atoms with Crippen molar-refractivity contribution in [2.45, 2.75) is 19.5 Å². The maximum absolute atomic E-state index is 12.8. The Morgan fingerprint density at radius 2 is 1.80 bits per heavy atom. The summed E-state index contributed by atoms with van der Waals surface area (Å²) in [6.45, 7) is 6.36. The summed E-state index contributed by atoms with van der Waals surface area (Å²) in [6, 6.07) is 12.5. The number of piperazine rings is 1. The first-order chi connectivity index (χ1) is 14.6. The van der Waals surface area contributed by atoms with Crippen LogP contribution in [0.25, 0.3) is 10.9 Å². The maximum atomic E-state index is 12.8. The molecule has 0 unspecified atom stereocenters. The molecule has 1 aliphatic rings. The van der Waals surface area contributed by atoms with Crippen LogP contribution in [0.5, 0.6) is 0 Å². The van der Waals surface area contributed by atoms with E-state index in [9.17, 15) is 4.79 Å². The van der Waals surface area contributed by atoms with Gasteiger partial charge in [0.1, 0.15) is 0 Å². The normalized spacial score (nSPS) is 15.2. The summed E-state index contributed by atoms with van der Waals surface area (Å²) < 4.78 is 1.76. The van der Waals surface area contributed by atoms with Gasteiger partial charge in [0, 0.05) is 51.7 Å². The molecule has 1 aliphatic heterocycles. The van der Waals surface area contributed by atoms with Gasteiger partial charge in [-0.15, -0.1) is 0 Å². The maximum Gasteiger partial charge on any atom is 0.261 e. The number of anilines is 1. The first kappa shape index (κ1) is 20.5. The van der Waals surface area contributed by atoms with Crippen LogP contribution in [-0.4, -0.2) is 71.2 Å². The molecule has 7 nitrogen and oxygen atoms in total. The average Bonchev–Trinajstić information content (AvgIpc) is 2.76. The third-order valence-corrected chi connectivity index (χ3v) is 5.62. The molecule has 158 valence electrons. The van der Waals surface area contributed by atoms with Gasteiger partial charge < -0.3 is 14.4 Å². The molecule has 0 radical (unpaired) electrons. The van der Waals surface area contributed by atoms with E-state index in [1.54, 1.807) is 10.8 Å². The van der Waals surface area contributed by atoms with Crippen LogP contribution in [0, 0.1) is 0 Å². The van der Waals surface area contributed by atoms with Crippen molar-refractivity contribution in [2.24, 2.45) is 0 Å². The second kappa shape index (κ2) is 9.36. The number of nitrogens with zero attached hydrogens (tertiary/aromatic N) is 6. The second-order valence-electron chi connectivity index (χ2n) is 8.19. The third-order valence-electron chi connectivity index (χ3n) is 5.62. The first-order valence-electron chi connectivity index (χ1n) is 10.6. The van der Waals surface area contributed by atoms with Crippen LogP contribution in [0.1, 0.15) is 12.0 Å². The fourth-order valence-electron chi connectivity index (χ4n) is 3.89. The van der Waals surface area contributed by atoms with E-state index in [0.29, 0.717) is 17.9 Å². The number of rotatable bonds is 7. The van der Waals surface area contributed by atoms with Crippen molar-refractivity contribution >= 4 is 16.9 Å². The zero-order valence-electron chi connectivity index (χ0n) is 17.9. The molecule has 0 saturated carbocycles. The summed E-state index contributed by atoms with van der Waals surface area (Å²) in [4.78, 5) is 28.8. The van der Waals surface area contributed by atoms with Crippen molar-refractivity contribution in [3.8, 4) is 0 Å². The molecule has 4 rings (SSSR count). The monoisotopic (exact) mass is 406 g/mol. The summed E-state index contributed by atoms with van der Waals surface area (Å²) in [7, 11) is 4.08. The minimum atomic E-state index is -0.00881. The van der Waals surface area contributed by atoms with Crippen LogP contribution < -0.4 is 10.5 Å². The van der Waals surface area contributed by atoms with E-state index < -0.39 is 0 Å². The van der Waals surface area contributed by atoms with E-state index in [-0.39, 0.29) is 5.56 Å².